The van der Waals surface area contributed by atoms with E-state index in [0.717, 1.165) is 11.1 Å². The molecule has 0 bridgehead atoms. The summed E-state index contributed by atoms with van der Waals surface area (Å²) in [4.78, 5) is 14.1. The molecule has 1 heterocycles. The van der Waals surface area contributed by atoms with Crippen LogP contribution in [0.1, 0.15) is 18.1 Å². The van der Waals surface area contributed by atoms with Crippen LogP contribution in [-0.4, -0.2) is 33.4 Å². The molecule has 27 heavy (non-hydrogen) atoms. The average molecular weight is 374 g/mol. The second-order valence-corrected chi connectivity index (χ2v) is 6.10. The molecule has 0 aliphatic carbocycles. The van der Waals surface area contributed by atoms with Crippen LogP contribution in [0, 0.1) is 5.82 Å². The first-order chi connectivity index (χ1) is 13.1. The number of amides is 2. The predicted octanol–water partition coefficient (Wildman–Crippen LogP) is 3.51. The molecule has 0 aromatic heterocycles. The molecule has 0 unspecified atom stereocenters. The SMILES string of the molecule is CCOc1c(OC)cc(CNC(=O)N2CCc3ccc(F)cc32)cc1OC. The van der Waals surface area contributed by atoms with Gasteiger partial charge >= 0.3 is 6.03 Å². The fourth-order valence-electron chi connectivity index (χ4n) is 3.16. The normalized spacial score (nSPS) is 12.5. The number of anilines is 1. The molecule has 3 rings (SSSR count). The standard InChI is InChI=1S/C20H23FN2O4/c1-4-27-19-17(25-2)9-13(10-18(19)26-3)12-22-20(24)23-8-7-14-5-6-15(21)11-16(14)23/h5-6,9-11H,4,7-8,12H2,1-3H3,(H,22,24). The lowest BCUT2D eigenvalue weighted by Gasteiger charge is -2.19. The molecule has 0 saturated carbocycles. The zero-order valence-corrected chi connectivity index (χ0v) is 15.7. The van der Waals surface area contributed by atoms with Crippen molar-refractivity contribution in [3.8, 4) is 17.2 Å². The summed E-state index contributed by atoms with van der Waals surface area (Å²) >= 11 is 0. The minimum atomic E-state index is -0.352. The van der Waals surface area contributed by atoms with Crippen molar-refractivity contribution >= 4 is 11.7 Å². The zero-order valence-electron chi connectivity index (χ0n) is 15.7. The monoisotopic (exact) mass is 374 g/mol. The van der Waals surface area contributed by atoms with Gasteiger partial charge in [0.05, 0.1) is 26.5 Å². The molecule has 0 fully saturated rings. The molecular weight excluding hydrogens is 351 g/mol. The zero-order chi connectivity index (χ0) is 19.4. The van der Waals surface area contributed by atoms with E-state index in [2.05, 4.69) is 5.32 Å². The summed E-state index contributed by atoms with van der Waals surface area (Å²) in [7, 11) is 3.10. The Hall–Kier alpha value is -2.96. The van der Waals surface area contributed by atoms with Gasteiger partial charge in [-0.05, 0) is 48.7 Å². The summed E-state index contributed by atoms with van der Waals surface area (Å²) in [5, 5.41) is 2.87. The van der Waals surface area contributed by atoms with Crippen molar-refractivity contribution in [2.45, 2.75) is 19.9 Å². The molecule has 0 spiro atoms. The predicted molar refractivity (Wildman–Crippen MR) is 100 cm³/mol. The van der Waals surface area contributed by atoms with Gasteiger partial charge in [0, 0.05) is 13.1 Å². The topological polar surface area (TPSA) is 60.0 Å². The van der Waals surface area contributed by atoms with Crippen LogP contribution in [-0.2, 0) is 13.0 Å². The Balaban J connectivity index is 1.74. The van der Waals surface area contributed by atoms with E-state index in [-0.39, 0.29) is 18.4 Å². The van der Waals surface area contributed by atoms with Crippen molar-refractivity contribution in [1.29, 1.82) is 0 Å². The van der Waals surface area contributed by atoms with Crippen LogP contribution in [0.2, 0.25) is 0 Å². The first-order valence-corrected chi connectivity index (χ1v) is 8.78. The average Bonchev–Trinajstić information content (AvgIpc) is 3.09. The fourth-order valence-corrected chi connectivity index (χ4v) is 3.16. The molecule has 1 aliphatic rings. The largest absolute Gasteiger partial charge is 0.493 e. The molecule has 1 N–H and O–H groups in total. The molecule has 1 aliphatic heterocycles. The van der Waals surface area contributed by atoms with E-state index < -0.39 is 0 Å². The molecule has 7 heteroatoms. The lowest BCUT2D eigenvalue weighted by Crippen LogP contribution is -2.38. The van der Waals surface area contributed by atoms with Crippen molar-refractivity contribution in [3.05, 3.63) is 47.3 Å². The Morgan fingerprint density at radius 1 is 1.19 bits per heavy atom. The van der Waals surface area contributed by atoms with E-state index in [4.69, 9.17) is 14.2 Å². The van der Waals surface area contributed by atoms with E-state index in [0.29, 0.717) is 42.5 Å². The number of rotatable bonds is 6. The quantitative estimate of drug-likeness (QED) is 0.841. The second-order valence-electron chi connectivity index (χ2n) is 6.10. The highest BCUT2D eigenvalue weighted by molar-refractivity contribution is 5.94. The van der Waals surface area contributed by atoms with E-state index in [1.54, 1.807) is 37.3 Å². The van der Waals surface area contributed by atoms with E-state index in [1.807, 2.05) is 6.92 Å². The van der Waals surface area contributed by atoms with Crippen LogP contribution in [0.15, 0.2) is 30.3 Å². The van der Waals surface area contributed by atoms with Gasteiger partial charge in [-0.2, -0.15) is 0 Å². The molecule has 144 valence electrons. The van der Waals surface area contributed by atoms with Gasteiger partial charge in [0.1, 0.15) is 5.82 Å². The van der Waals surface area contributed by atoms with Crippen LogP contribution in [0.3, 0.4) is 0 Å². The number of carbonyl (C=O) groups is 1. The van der Waals surface area contributed by atoms with Crippen molar-refractivity contribution in [2.75, 3.05) is 32.3 Å². The van der Waals surface area contributed by atoms with E-state index in [9.17, 15) is 9.18 Å². The third kappa shape index (κ3) is 3.92. The molecule has 2 aromatic carbocycles. The van der Waals surface area contributed by atoms with Gasteiger partial charge in [0.25, 0.3) is 0 Å². The number of nitrogens with one attached hydrogen (secondary N) is 1. The Bertz CT molecular complexity index is 816. The summed E-state index contributed by atoms with van der Waals surface area (Å²) in [6, 6.07) is 7.85. The highest BCUT2D eigenvalue weighted by Gasteiger charge is 2.25. The molecule has 0 saturated heterocycles. The summed E-state index contributed by atoms with van der Waals surface area (Å²) < 4.78 is 29.9. The van der Waals surface area contributed by atoms with Gasteiger partial charge < -0.3 is 19.5 Å². The Kier molecular flexibility index (Phi) is 5.69. The number of carbonyl (C=O) groups excluding carboxylic acids is 1. The second kappa shape index (κ2) is 8.16. The molecule has 2 amide bonds. The number of methoxy groups -OCH3 is 2. The van der Waals surface area contributed by atoms with E-state index >= 15 is 0 Å². The number of hydrogen-bond acceptors (Lipinski definition) is 4. The summed E-state index contributed by atoms with van der Waals surface area (Å²) in [5.74, 6) is 1.25. The van der Waals surface area contributed by atoms with Gasteiger partial charge in [0.2, 0.25) is 5.75 Å². The fraction of sp³-hybridized carbons (Fsp3) is 0.350. The number of ether oxygens (including phenoxy) is 3. The maximum atomic E-state index is 13.5. The Morgan fingerprint density at radius 2 is 1.89 bits per heavy atom. The molecule has 0 atom stereocenters. The van der Waals surface area contributed by atoms with Crippen molar-refractivity contribution in [3.63, 3.8) is 0 Å². The van der Waals surface area contributed by atoms with Gasteiger partial charge in [-0.15, -0.1) is 0 Å². The van der Waals surface area contributed by atoms with Crippen LogP contribution < -0.4 is 24.4 Å². The van der Waals surface area contributed by atoms with Crippen molar-refractivity contribution in [2.24, 2.45) is 0 Å². The highest BCUT2D eigenvalue weighted by atomic mass is 19.1. The van der Waals surface area contributed by atoms with Crippen molar-refractivity contribution in [1.82, 2.24) is 5.32 Å². The minimum Gasteiger partial charge on any atom is -0.493 e. The highest BCUT2D eigenvalue weighted by Crippen LogP contribution is 2.38. The maximum Gasteiger partial charge on any atom is 0.322 e. The van der Waals surface area contributed by atoms with Crippen LogP contribution in [0.5, 0.6) is 17.2 Å². The van der Waals surface area contributed by atoms with Gasteiger partial charge in [-0.3, -0.25) is 4.90 Å². The molecule has 0 radical (unpaired) electrons. The molecule has 6 nitrogen and oxygen atoms in total. The third-order valence-corrected chi connectivity index (χ3v) is 4.44. The molecule has 2 aromatic rings. The van der Waals surface area contributed by atoms with Crippen LogP contribution >= 0.6 is 0 Å². The van der Waals surface area contributed by atoms with Crippen molar-refractivity contribution < 1.29 is 23.4 Å². The summed E-state index contributed by atoms with van der Waals surface area (Å²) in [6.45, 7) is 3.16. The minimum absolute atomic E-state index is 0.272. The van der Waals surface area contributed by atoms with E-state index in [1.165, 1.54) is 12.1 Å². The number of halogens is 1. The number of hydrogen-bond donors (Lipinski definition) is 1. The Morgan fingerprint density at radius 3 is 2.52 bits per heavy atom. The first kappa shape index (κ1) is 18.8. The van der Waals surface area contributed by atoms with Gasteiger partial charge in [-0.25, -0.2) is 9.18 Å². The van der Waals surface area contributed by atoms with Crippen LogP contribution in [0.25, 0.3) is 0 Å². The smallest absolute Gasteiger partial charge is 0.322 e. The number of nitrogens with zero attached hydrogens (tertiary/aromatic N) is 1. The number of fused-ring (bicyclic) bond motifs is 1. The summed E-state index contributed by atoms with van der Waals surface area (Å²) in [6.07, 6.45) is 0.716. The summed E-state index contributed by atoms with van der Waals surface area (Å²) in [5.41, 5.74) is 2.39. The first-order valence-electron chi connectivity index (χ1n) is 8.78. The third-order valence-electron chi connectivity index (χ3n) is 4.44. The van der Waals surface area contributed by atoms with Crippen LogP contribution in [0.4, 0.5) is 14.9 Å². The number of urea groups is 1. The lowest BCUT2D eigenvalue weighted by atomic mass is 10.1. The Labute approximate surface area is 157 Å². The van der Waals surface area contributed by atoms with Gasteiger partial charge in [0.15, 0.2) is 11.5 Å². The number of benzene rings is 2. The molecular formula is C20H23FN2O4. The maximum absolute atomic E-state index is 13.5. The van der Waals surface area contributed by atoms with Gasteiger partial charge in [-0.1, -0.05) is 6.07 Å². The lowest BCUT2D eigenvalue weighted by molar-refractivity contribution is 0.246.